The van der Waals surface area contributed by atoms with Crippen LogP contribution in [0.1, 0.15) is 44.4 Å². The Morgan fingerprint density at radius 3 is 2.57 bits per heavy atom. The summed E-state index contributed by atoms with van der Waals surface area (Å²) in [6, 6.07) is 9.88. The minimum Gasteiger partial charge on any atom is -0.438 e. The molecule has 0 saturated carbocycles. The van der Waals surface area contributed by atoms with Gasteiger partial charge in [-0.25, -0.2) is 4.98 Å². The quantitative estimate of drug-likeness (QED) is 0.914. The number of nitrogens with zero attached hydrogens (tertiary/aromatic N) is 1. The van der Waals surface area contributed by atoms with E-state index in [0.717, 1.165) is 17.7 Å². The average molecular weight is 285 g/mol. The fraction of sp³-hybridized carbons (Fsp3) is 0.389. The number of aliphatic hydroxyl groups excluding tert-OH is 1. The SMILES string of the molecule is CCc1ccc(Oc2ncccc2CO)c(C(C)(C)C)c1. The molecule has 0 spiro atoms. The van der Waals surface area contributed by atoms with Gasteiger partial charge >= 0.3 is 0 Å². The van der Waals surface area contributed by atoms with Gasteiger partial charge in [0.05, 0.1) is 6.61 Å². The van der Waals surface area contributed by atoms with Gasteiger partial charge in [0, 0.05) is 17.3 Å². The van der Waals surface area contributed by atoms with Crippen molar-refractivity contribution in [3.8, 4) is 11.6 Å². The van der Waals surface area contributed by atoms with Crippen molar-refractivity contribution >= 4 is 0 Å². The highest BCUT2D eigenvalue weighted by Crippen LogP contribution is 2.35. The maximum absolute atomic E-state index is 9.39. The molecule has 112 valence electrons. The first-order chi connectivity index (χ1) is 9.95. The monoisotopic (exact) mass is 285 g/mol. The molecule has 2 aromatic rings. The van der Waals surface area contributed by atoms with Crippen molar-refractivity contribution in [1.82, 2.24) is 4.98 Å². The van der Waals surface area contributed by atoms with Crippen LogP contribution < -0.4 is 4.74 Å². The number of aryl methyl sites for hydroxylation is 1. The maximum Gasteiger partial charge on any atom is 0.224 e. The number of aromatic nitrogens is 1. The third-order valence-corrected chi connectivity index (χ3v) is 3.49. The summed E-state index contributed by atoms with van der Waals surface area (Å²) in [7, 11) is 0. The molecule has 1 aromatic heterocycles. The largest absolute Gasteiger partial charge is 0.438 e. The Morgan fingerprint density at radius 1 is 1.19 bits per heavy atom. The molecule has 1 aromatic carbocycles. The van der Waals surface area contributed by atoms with Gasteiger partial charge in [-0.3, -0.25) is 0 Å². The van der Waals surface area contributed by atoms with E-state index in [4.69, 9.17) is 4.74 Å². The highest BCUT2D eigenvalue weighted by Gasteiger charge is 2.20. The van der Waals surface area contributed by atoms with Crippen LogP contribution in [0.5, 0.6) is 11.6 Å². The molecule has 0 bridgehead atoms. The van der Waals surface area contributed by atoms with Gasteiger partial charge in [0.1, 0.15) is 5.75 Å². The number of ether oxygens (including phenoxy) is 1. The lowest BCUT2D eigenvalue weighted by Crippen LogP contribution is -2.13. The summed E-state index contributed by atoms with van der Waals surface area (Å²) in [6.45, 7) is 8.56. The second-order valence-electron chi connectivity index (χ2n) is 6.16. The summed E-state index contributed by atoms with van der Waals surface area (Å²) in [6.07, 6.45) is 2.67. The van der Waals surface area contributed by atoms with Crippen molar-refractivity contribution in [2.45, 2.75) is 46.1 Å². The van der Waals surface area contributed by atoms with E-state index in [9.17, 15) is 5.11 Å². The van der Waals surface area contributed by atoms with Gasteiger partial charge in [-0.2, -0.15) is 0 Å². The Labute approximate surface area is 126 Å². The average Bonchev–Trinajstić information content (AvgIpc) is 2.47. The highest BCUT2D eigenvalue weighted by atomic mass is 16.5. The van der Waals surface area contributed by atoms with Crippen molar-refractivity contribution in [3.63, 3.8) is 0 Å². The third-order valence-electron chi connectivity index (χ3n) is 3.49. The van der Waals surface area contributed by atoms with Gasteiger partial charge in [0.15, 0.2) is 0 Å². The van der Waals surface area contributed by atoms with Crippen LogP contribution in [0.15, 0.2) is 36.5 Å². The lowest BCUT2D eigenvalue weighted by Gasteiger charge is -2.23. The van der Waals surface area contributed by atoms with Crippen LogP contribution in [-0.4, -0.2) is 10.1 Å². The Kier molecular flexibility index (Phi) is 4.63. The van der Waals surface area contributed by atoms with Crippen LogP contribution >= 0.6 is 0 Å². The topological polar surface area (TPSA) is 42.4 Å². The van der Waals surface area contributed by atoms with E-state index in [0.29, 0.717) is 11.4 Å². The van der Waals surface area contributed by atoms with Crippen LogP contribution in [-0.2, 0) is 18.4 Å². The molecule has 21 heavy (non-hydrogen) atoms. The van der Waals surface area contributed by atoms with E-state index in [-0.39, 0.29) is 12.0 Å². The number of benzene rings is 1. The second-order valence-corrected chi connectivity index (χ2v) is 6.16. The molecule has 2 rings (SSSR count). The molecule has 0 aliphatic rings. The van der Waals surface area contributed by atoms with E-state index < -0.39 is 0 Å². The van der Waals surface area contributed by atoms with Crippen LogP contribution in [0, 0.1) is 0 Å². The molecule has 0 radical (unpaired) electrons. The van der Waals surface area contributed by atoms with Crippen LogP contribution in [0.3, 0.4) is 0 Å². The fourth-order valence-corrected chi connectivity index (χ4v) is 2.21. The number of rotatable bonds is 4. The smallest absolute Gasteiger partial charge is 0.224 e. The normalized spacial score (nSPS) is 11.5. The van der Waals surface area contributed by atoms with Gasteiger partial charge in [-0.05, 0) is 35.6 Å². The van der Waals surface area contributed by atoms with Crippen molar-refractivity contribution in [1.29, 1.82) is 0 Å². The van der Waals surface area contributed by atoms with Gasteiger partial charge in [0.2, 0.25) is 5.88 Å². The van der Waals surface area contributed by atoms with Crippen molar-refractivity contribution in [3.05, 3.63) is 53.2 Å². The molecule has 0 aliphatic heterocycles. The predicted octanol–water partition coefficient (Wildman–Crippen LogP) is 4.23. The molecule has 0 saturated heterocycles. The number of aliphatic hydroxyl groups is 1. The van der Waals surface area contributed by atoms with E-state index in [2.05, 4.69) is 44.8 Å². The Hall–Kier alpha value is -1.87. The summed E-state index contributed by atoms with van der Waals surface area (Å²) >= 11 is 0. The first kappa shape index (κ1) is 15.5. The van der Waals surface area contributed by atoms with Gasteiger partial charge in [0.25, 0.3) is 0 Å². The predicted molar refractivity (Wildman–Crippen MR) is 84.8 cm³/mol. The summed E-state index contributed by atoms with van der Waals surface area (Å²) in [5.74, 6) is 1.27. The molecule has 1 N–H and O–H groups in total. The van der Waals surface area contributed by atoms with E-state index >= 15 is 0 Å². The molecule has 0 unspecified atom stereocenters. The summed E-state index contributed by atoms with van der Waals surface area (Å²) in [5, 5.41) is 9.39. The Morgan fingerprint density at radius 2 is 1.95 bits per heavy atom. The minimum absolute atomic E-state index is 0.0192. The number of hydrogen-bond donors (Lipinski definition) is 1. The highest BCUT2D eigenvalue weighted by molar-refractivity contribution is 5.44. The van der Waals surface area contributed by atoms with Gasteiger partial charge in [-0.1, -0.05) is 39.8 Å². The van der Waals surface area contributed by atoms with E-state index in [1.807, 2.05) is 12.1 Å². The van der Waals surface area contributed by atoms with E-state index in [1.165, 1.54) is 5.56 Å². The molecule has 3 nitrogen and oxygen atoms in total. The first-order valence-electron chi connectivity index (χ1n) is 7.31. The zero-order valence-corrected chi connectivity index (χ0v) is 13.2. The summed E-state index contributed by atoms with van der Waals surface area (Å²) < 4.78 is 5.99. The Balaban J connectivity index is 2.44. The Bertz CT molecular complexity index is 615. The van der Waals surface area contributed by atoms with Crippen LogP contribution in [0.4, 0.5) is 0 Å². The molecule has 1 heterocycles. The van der Waals surface area contributed by atoms with Crippen molar-refractivity contribution in [2.24, 2.45) is 0 Å². The van der Waals surface area contributed by atoms with E-state index in [1.54, 1.807) is 12.3 Å². The summed E-state index contributed by atoms with van der Waals surface area (Å²) in [4.78, 5) is 4.23. The molecule has 0 amide bonds. The van der Waals surface area contributed by atoms with Crippen molar-refractivity contribution < 1.29 is 9.84 Å². The molecular weight excluding hydrogens is 262 g/mol. The lowest BCUT2D eigenvalue weighted by molar-refractivity contribution is 0.274. The van der Waals surface area contributed by atoms with Gasteiger partial charge < -0.3 is 9.84 Å². The molecular formula is C18H23NO2. The minimum atomic E-state index is -0.0823. The van der Waals surface area contributed by atoms with Crippen LogP contribution in [0.2, 0.25) is 0 Å². The lowest BCUT2D eigenvalue weighted by atomic mass is 9.85. The zero-order chi connectivity index (χ0) is 15.5. The first-order valence-corrected chi connectivity index (χ1v) is 7.31. The maximum atomic E-state index is 9.39. The number of pyridine rings is 1. The fourth-order valence-electron chi connectivity index (χ4n) is 2.21. The second kappa shape index (κ2) is 6.27. The number of hydrogen-bond acceptors (Lipinski definition) is 3. The van der Waals surface area contributed by atoms with Crippen molar-refractivity contribution in [2.75, 3.05) is 0 Å². The van der Waals surface area contributed by atoms with Gasteiger partial charge in [-0.15, -0.1) is 0 Å². The zero-order valence-electron chi connectivity index (χ0n) is 13.2. The molecule has 0 fully saturated rings. The van der Waals surface area contributed by atoms with Crippen LogP contribution in [0.25, 0.3) is 0 Å². The summed E-state index contributed by atoms with van der Waals surface area (Å²) in [5.41, 5.74) is 3.11. The molecule has 0 atom stereocenters. The third kappa shape index (κ3) is 3.61. The molecule has 0 aliphatic carbocycles. The molecule has 3 heteroatoms. The standard InChI is InChI=1S/C18H23NO2/c1-5-13-8-9-16(15(11-13)18(2,3)4)21-17-14(12-20)7-6-10-19-17/h6-11,20H,5,12H2,1-4H3.